The summed E-state index contributed by atoms with van der Waals surface area (Å²) in [5, 5.41) is 18.4. The lowest BCUT2D eigenvalue weighted by atomic mass is 10.1. The van der Waals surface area contributed by atoms with Gasteiger partial charge in [-0.2, -0.15) is 0 Å². The average Bonchev–Trinajstić information content (AvgIpc) is 2.36. The van der Waals surface area contributed by atoms with E-state index in [2.05, 4.69) is 12.2 Å². The van der Waals surface area contributed by atoms with Crippen molar-refractivity contribution < 1.29 is 19.8 Å². The summed E-state index contributed by atoms with van der Waals surface area (Å²) >= 11 is 0. The molecule has 0 aromatic rings. The highest BCUT2D eigenvalue weighted by atomic mass is 16.4. The number of unbranched alkanes of at least 4 members (excludes halogenated alkanes) is 4. The number of hydrogen-bond acceptors (Lipinski definition) is 4. The zero-order chi connectivity index (χ0) is 14.2. The molecule has 18 heavy (non-hydrogen) atoms. The molecule has 0 spiro atoms. The van der Waals surface area contributed by atoms with E-state index >= 15 is 0 Å². The first-order chi connectivity index (χ1) is 8.58. The molecule has 0 atom stereocenters. The number of carboxylic acid groups (broad SMARTS) is 1. The summed E-state index contributed by atoms with van der Waals surface area (Å²) in [6.45, 7) is 2.34. The molecule has 0 fully saturated rings. The van der Waals surface area contributed by atoms with Crippen LogP contribution in [0.1, 0.15) is 45.4 Å². The van der Waals surface area contributed by atoms with Crippen molar-refractivity contribution in [3.63, 3.8) is 0 Å². The number of aliphatic hydroxyl groups excluding tert-OH is 1. The number of rotatable bonds is 9. The van der Waals surface area contributed by atoms with Crippen LogP contribution in [0.5, 0.6) is 0 Å². The van der Waals surface area contributed by atoms with E-state index in [9.17, 15) is 9.59 Å². The molecule has 0 bridgehead atoms. The van der Waals surface area contributed by atoms with Crippen molar-refractivity contribution in [2.24, 2.45) is 5.73 Å². The number of aliphatic hydroxyl groups is 1. The first-order valence-electron chi connectivity index (χ1n) is 6.37. The van der Waals surface area contributed by atoms with E-state index in [0.717, 1.165) is 19.3 Å². The Morgan fingerprint density at radius 1 is 1.17 bits per heavy atom. The predicted octanol–water partition coefficient (Wildman–Crippen LogP) is 0.485. The van der Waals surface area contributed by atoms with Gasteiger partial charge in [0.1, 0.15) is 6.54 Å². The Labute approximate surface area is 109 Å². The standard InChI is InChI=1S/C10H19NO3.C2H7NO/c1-2-3-4-5-6-7-9(12)11-8-10(13)14;3-1-2-4/h2-8H2,1H3,(H,11,12)(H,13,14);4H,1-3H2. The fourth-order valence-corrected chi connectivity index (χ4v) is 1.15. The van der Waals surface area contributed by atoms with Crippen molar-refractivity contribution in [3.05, 3.63) is 0 Å². The van der Waals surface area contributed by atoms with Gasteiger partial charge in [0.25, 0.3) is 0 Å². The zero-order valence-corrected chi connectivity index (χ0v) is 11.2. The SMILES string of the molecule is CCCCCCCC(=O)NCC(=O)O.NCCO. The second-order valence-corrected chi connectivity index (χ2v) is 3.85. The molecule has 0 unspecified atom stereocenters. The summed E-state index contributed by atoms with van der Waals surface area (Å²) in [4.78, 5) is 21.1. The Balaban J connectivity index is 0. The van der Waals surface area contributed by atoms with Crippen molar-refractivity contribution in [1.82, 2.24) is 5.32 Å². The van der Waals surface area contributed by atoms with Crippen LogP contribution in [0.25, 0.3) is 0 Å². The molecular weight excluding hydrogens is 236 g/mol. The second kappa shape index (κ2) is 15.9. The molecule has 0 aliphatic heterocycles. The van der Waals surface area contributed by atoms with Crippen LogP contribution in [0.4, 0.5) is 0 Å². The molecule has 1 amide bonds. The molecule has 0 saturated heterocycles. The van der Waals surface area contributed by atoms with Crippen molar-refractivity contribution in [3.8, 4) is 0 Å². The van der Waals surface area contributed by atoms with E-state index < -0.39 is 5.97 Å². The molecule has 0 aliphatic rings. The van der Waals surface area contributed by atoms with Gasteiger partial charge in [-0.25, -0.2) is 0 Å². The lowest BCUT2D eigenvalue weighted by Crippen LogP contribution is -2.28. The monoisotopic (exact) mass is 262 g/mol. The highest BCUT2D eigenvalue weighted by molar-refractivity contribution is 5.80. The highest BCUT2D eigenvalue weighted by Gasteiger charge is 2.02. The fourth-order valence-electron chi connectivity index (χ4n) is 1.15. The largest absolute Gasteiger partial charge is 0.480 e. The average molecular weight is 262 g/mol. The Bertz CT molecular complexity index is 208. The number of nitrogens with two attached hydrogens (primary N) is 1. The zero-order valence-electron chi connectivity index (χ0n) is 11.2. The van der Waals surface area contributed by atoms with Crippen LogP contribution in [-0.2, 0) is 9.59 Å². The van der Waals surface area contributed by atoms with Crippen molar-refractivity contribution in [2.45, 2.75) is 45.4 Å². The molecule has 0 aliphatic carbocycles. The summed E-state index contributed by atoms with van der Waals surface area (Å²) < 4.78 is 0. The highest BCUT2D eigenvalue weighted by Crippen LogP contribution is 2.04. The number of carbonyl (C=O) groups is 2. The van der Waals surface area contributed by atoms with E-state index in [1.807, 2.05) is 0 Å². The molecule has 6 nitrogen and oxygen atoms in total. The number of amides is 1. The second-order valence-electron chi connectivity index (χ2n) is 3.85. The fraction of sp³-hybridized carbons (Fsp3) is 0.833. The van der Waals surface area contributed by atoms with Gasteiger partial charge < -0.3 is 21.3 Å². The summed E-state index contributed by atoms with van der Waals surface area (Å²) in [7, 11) is 0. The summed E-state index contributed by atoms with van der Waals surface area (Å²) in [5.74, 6) is -1.16. The van der Waals surface area contributed by atoms with Crippen LogP contribution in [0.2, 0.25) is 0 Å². The molecule has 108 valence electrons. The van der Waals surface area contributed by atoms with Gasteiger partial charge in [0, 0.05) is 13.0 Å². The maximum Gasteiger partial charge on any atom is 0.322 e. The normalized spacial score (nSPS) is 9.28. The summed E-state index contributed by atoms with van der Waals surface area (Å²) in [6, 6.07) is 0. The maximum atomic E-state index is 11.0. The smallest absolute Gasteiger partial charge is 0.322 e. The molecule has 0 aromatic heterocycles. The minimum absolute atomic E-state index is 0.0972. The third-order valence-electron chi connectivity index (χ3n) is 2.07. The quantitative estimate of drug-likeness (QED) is 0.452. The van der Waals surface area contributed by atoms with Crippen molar-refractivity contribution in [1.29, 1.82) is 0 Å². The van der Waals surface area contributed by atoms with E-state index in [1.54, 1.807) is 0 Å². The number of carboxylic acids is 1. The van der Waals surface area contributed by atoms with Crippen molar-refractivity contribution >= 4 is 11.9 Å². The maximum absolute atomic E-state index is 11.0. The third-order valence-corrected chi connectivity index (χ3v) is 2.07. The van der Waals surface area contributed by atoms with Crippen LogP contribution in [0.15, 0.2) is 0 Å². The minimum Gasteiger partial charge on any atom is -0.480 e. The Kier molecular flexibility index (Phi) is 16.9. The van der Waals surface area contributed by atoms with Crippen LogP contribution in [-0.4, -0.2) is 41.8 Å². The molecule has 0 aromatic carbocycles. The van der Waals surface area contributed by atoms with Crippen LogP contribution < -0.4 is 11.1 Å². The number of hydrogen-bond donors (Lipinski definition) is 4. The number of carbonyl (C=O) groups excluding carboxylic acids is 1. The predicted molar refractivity (Wildman–Crippen MR) is 70.2 cm³/mol. The van der Waals surface area contributed by atoms with E-state index in [1.165, 1.54) is 12.8 Å². The number of aliphatic carboxylic acids is 1. The van der Waals surface area contributed by atoms with Crippen LogP contribution in [0, 0.1) is 0 Å². The van der Waals surface area contributed by atoms with Gasteiger partial charge in [-0.1, -0.05) is 32.6 Å². The lowest BCUT2D eigenvalue weighted by molar-refractivity contribution is -0.137. The molecule has 0 radical (unpaired) electrons. The summed E-state index contributed by atoms with van der Waals surface area (Å²) in [6.07, 6.45) is 5.89. The molecule has 0 heterocycles. The molecule has 0 rings (SSSR count). The Hall–Kier alpha value is -1.14. The van der Waals surface area contributed by atoms with Gasteiger partial charge in [0.15, 0.2) is 0 Å². The lowest BCUT2D eigenvalue weighted by Gasteiger charge is -2.01. The number of nitrogens with one attached hydrogen (secondary N) is 1. The van der Waals surface area contributed by atoms with Crippen LogP contribution >= 0.6 is 0 Å². The molecular formula is C12H26N2O4. The molecule has 5 N–H and O–H groups in total. The van der Waals surface area contributed by atoms with Crippen LogP contribution in [0.3, 0.4) is 0 Å². The van der Waals surface area contributed by atoms with Gasteiger partial charge in [0.2, 0.25) is 5.91 Å². The molecule has 6 heteroatoms. The van der Waals surface area contributed by atoms with Gasteiger partial charge in [-0.3, -0.25) is 9.59 Å². The van der Waals surface area contributed by atoms with Gasteiger partial charge >= 0.3 is 5.97 Å². The first kappa shape index (κ1) is 19.2. The van der Waals surface area contributed by atoms with Gasteiger partial charge in [-0.15, -0.1) is 0 Å². The van der Waals surface area contributed by atoms with E-state index in [4.69, 9.17) is 15.9 Å². The Morgan fingerprint density at radius 3 is 2.17 bits per heavy atom. The molecule has 0 saturated carbocycles. The third kappa shape index (κ3) is 20.3. The first-order valence-corrected chi connectivity index (χ1v) is 6.37. The van der Waals surface area contributed by atoms with Gasteiger partial charge in [-0.05, 0) is 6.42 Å². The Morgan fingerprint density at radius 2 is 1.72 bits per heavy atom. The van der Waals surface area contributed by atoms with Gasteiger partial charge in [0.05, 0.1) is 6.61 Å². The minimum atomic E-state index is -0.996. The van der Waals surface area contributed by atoms with E-state index in [-0.39, 0.29) is 19.1 Å². The topological polar surface area (TPSA) is 113 Å². The summed E-state index contributed by atoms with van der Waals surface area (Å²) in [5.41, 5.74) is 4.78. The van der Waals surface area contributed by atoms with Crippen molar-refractivity contribution in [2.75, 3.05) is 19.7 Å². The van der Waals surface area contributed by atoms with E-state index in [0.29, 0.717) is 13.0 Å².